The van der Waals surface area contributed by atoms with E-state index in [1.165, 1.54) is 38.5 Å². The number of halogens is 1. The van der Waals surface area contributed by atoms with Gasteiger partial charge in [0.05, 0.1) is 16.2 Å². The number of alkyl halides is 1. The topological polar surface area (TPSA) is 75.3 Å². The van der Waals surface area contributed by atoms with Gasteiger partial charge < -0.3 is 10.8 Å². The van der Waals surface area contributed by atoms with Crippen molar-refractivity contribution in [1.29, 1.82) is 0 Å². The number of aliphatic hydroxyl groups is 1. The molecule has 0 fully saturated rings. The Balaban J connectivity index is 3.74. The number of rotatable bonds is 17. The van der Waals surface area contributed by atoms with Gasteiger partial charge in [-0.1, -0.05) is 93.7 Å². The molecule has 0 spiro atoms. The molecule has 0 aliphatic carbocycles. The van der Waals surface area contributed by atoms with Gasteiger partial charge in [0.15, 0.2) is 0 Å². The van der Waals surface area contributed by atoms with Crippen LogP contribution in [0.1, 0.15) is 97.3 Å². The molecule has 0 aliphatic rings. The Hall–Kier alpha value is 0.120. The molecule has 0 heterocycles. The van der Waals surface area contributed by atoms with Crippen molar-refractivity contribution in [2.24, 2.45) is 5.73 Å². The first-order valence-electron chi connectivity index (χ1n) is 9.84. The van der Waals surface area contributed by atoms with Gasteiger partial charge in [-0.25, -0.2) is 0 Å². The first-order chi connectivity index (χ1) is 11.5. The zero-order chi connectivity index (χ0) is 18.2. The maximum Gasteiger partial charge on any atom is 0.234 e. The molecule has 4 N–H and O–H groups in total. The van der Waals surface area contributed by atoms with Crippen LogP contribution in [0, 0.1) is 0 Å². The Kier molecular flexibility index (Phi) is 16.7. The number of hydrogen-bond acceptors (Lipinski definition) is 3. The molecule has 0 saturated heterocycles. The first-order valence-corrected chi connectivity index (χ1v) is 11.1. The van der Waals surface area contributed by atoms with Crippen molar-refractivity contribution >= 4 is 28.5 Å². The summed E-state index contributed by atoms with van der Waals surface area (Å²) in [6.07, 6.45) is 14.6. The van der Waals surface area contributed by atoms with Crippen molar-refractivity contribution in [2.45, 2.75) is 114 Å². The van der Waals surface area contributed by atoms with Crippen LogP contribution in [-0.2, 0) is 4.79 Å². The van der Waals surface area contributed by atoms with E-state index >= 15 is 0 Å². The summed E-state index contributed by atoms with van der Waals surface area (Å²) in [7, 11) is 0. The van der Waals surface area contributed by atoms with Gasteiger partial charge in [0.25, 0.3) is 0 Å². The number of amides is 1. The van der Waals surface area contributed by atoms with E-state index in [4.69, 9.17) is 5.73 Å². The summed E-state index contributed by atoms with van der Waals surface area (Å²) in [5.41, 5.74) is 5.54. The Morgan fingerprint density at radius 3 is 2.00 bits per heavy atom. The Morgan fingerprint density at radius 1 is 0.958 bits per heavy atom. The summed E-state index contributed by atoms with van der Waals surface area (Å²) in [5.74, 6) is -0.225. The molecule has 0 aromatic heterocycles. The number of unbranched alkanes of at least 4 members (excludes halogenated alkanes) is 8. The van der Waals surface area contributed by atoms with Crippen LogP contribution in [0.2, 0.25) is 0 Å². The Bertz CT molecular complexity index is 301. The van der Waals surface area contributed by atoms with Crippen LogP contribution in [0.3, 0.4) is 0 Å². The number of primary amides is 1. The third-order valence-corrected chi connectivity index (χ3v) is 5.38. The first kappa shape index (κ1) is 24.1. The normalized spacial score (nSPS) is 15.2. The average molecular weight is 454 g/mol. The number of hydrogen-bond donors (Lipinski definition) is 3. The largest absolute Gasteiger partial charge is 0.393 e. The second-order valence-electron chi connectivity index (χ2n) is 6.99. The summed E-state index contributed by atoms with van der Waals surface area (Å²) >= 11 is 2.39. The standard InChI is InChI=1S/C19H39IN2O2/c1-3-4-5-7-12-15-18(20)22-17(19(21)24)14-11-9-6-8-10-13-16(2)23/h16-18,22-23H,3-15H2,1-2H3,(H2,21,24). The smallest absolute Gasteiger partial charge is 0.234 e. The van der Waals surface area contributed by atoms with Crippen molar-refractivity contribution in [1.82, 2.24) is 5.32 Å². The zero-order valence-corrected chi connectivity index (χ0v) is 17.9. The van der Waals surface area contributed by atoms with Gasteiger partial charge >= 0.3 is 0 Å². The van der Waals surface area contributed by atoms with Crippen molar-refractivity contribution in [3.05, 3.63) is 0 Å². The van der Waals surface area contributed by atoms with Gasteiger partial charge in [0.2, 0.25) is 5.91 Å². The van der Waals surface area contributed by atoms with E-state index in [2.05, 4.69) is 34.8 Å². The fourth-order valence-corrected chi connectivity index (χ4v) is 3.73. The van der Waals surface area contributed by atoms with Crippen LogP contribution in [0.25, 0.3) is 0 Å². The molecule has 1 amide bonds. The lowest BCUT2D eigenvalue weighted by molar-refractivity contribution is -0.120. The Labute approximate surface area is 162 Å². The maximum absolute atomic E-state index is 11.6. The van der Waals surface area contributed by atoms with Crippen LogP contribution in [0.4, 0.5) is 0 Å². The molecule has 0 aromatic rings. The van der Waals surface area contributed by atoms with Gasteiger partial charge in [0, 0.05) is 0 Å². The highest BCUT2D eigenvalue weighted by atomic mass is 127. The van der Waals surface area contributed by atoms with Crippen molar-refractivity contribution in [3.63, 3.8) is 0 Å². The van der Waals surface area contributed by atoms with Gasteiger partial charge in [-0.3, -0.25) is 10.1 Å². The van der Waals surface area contributed by atoms with Crippen LogP contribution in [-0.4, -0.2) is 27.2 Å². The van der Waals surface area contributed by atoms with Crippen LogP contribution in [0.5, 0.6) is 0 Å². The third-order valence-electron chi connectivity index (χ3n) is 4.40. The molecule has 144 valence electrons. The molecule has 0 bridgehead atoms. The monoisotopic (exact) mass is 454 g/mol. The second-order valence-corrected chi connectivity index (χ2v) is 8.49. The summed E-state index contributed by atoms with van der Waals surface area (Å²) in [6.45, 7) is 4.07. The van der Waals surface area contributed by atoms with E-state index in [0.717, 1.165) is 44.9 Å². The number of aliphatic hydroxyl groups excluding tert-OH is 1. The van der Waals surface area contributed by atoms with Crippen LogP contribution < -0.4 is 11.1 Å². The maximum atomic E-state index is 11.6. The molecule has 4 nitrogen and oxygen atoms in total. The third kappa shape index (κ3) is 15.6. The predicted octanol–water partition coefficient (Wildman–Crippen LogP) is 4.66. The number of nitrogens with two attached hydrogens (primary N) is 1. The SMILES string of the molecule is CCCCCCCC(I)NC(CCCCCCCC(C)O)C(N)=O. The summed E-state index contributed by atoms with van der Waals surface area (Å²) in [5, 5.41) is 12.6. The highest BCUT2D eigenvalue weighted by Crippen LogP contribution is 2.14. The highest BCUT2D eigenvalue weighted by Gasteiger charge is 2.17. The van der Waals surface area contributed by atoms with E-state index < -0.39 is 0 Å². The molecule has 0 aromatic carbocycles. The lowest BCUT2D eigenvalue weighted by Gasteiger charge is -2.20. The minimum absolute atomic E-state index is 0.184. The lowest BCUT2D eigenvalue weighted by Crippen LogP contribution is -2.44. The van der Waals surface area contributed by atoms with Crippen molar-refractivity contribution in [2.75, 3.05) is 0 Å². The van der Waals surface area contributed by atoms with Crippen LogP contribution in [0.15, 0.2) is 0 Å². The molecule has 3 unspecified atom stereocenters. The summed E-state index contributed by atoms with van der Waals surface area (Å²) < 4.78 is 0.327. The molecule has 0 saturated carbocycles. The number of carbonyl (C=O) groups excluding carboxylic acids is 1. The molecule has 0 aliphatic heterocycles. The quantitative estimate of drug-likeness (QED) is 0.130. The number of carbonyl (C=O) groups is 1. The minimum atomic E-state index is -0.225. The molecule has 0 radical (unpaired) electrons. The zero-order valence-electron chi connectivity index (χ0n) is 15.7. The van der Waals surface area contributed by atoms with E-state index in [-0.39, 0.29) is 18.1 Å². The van der Waals surface area contributed by atoms with E-state index in [1.807, 2.05) is 6.92 Å². The summed E-state index contributed by atoms with van der Waals surface area (Å²) in [4.78, 5) is 11.6. The van der Waals surface area contributed by atoms with E-state index in [0.29, 0.717) is 4.05 Å². The number of nitrogens with one attached hydrogen (secondary N) is 1. The Morgan fingerprint density at radius 2 is 1.46 bits per heavy atom. The molecule has 5 heteroatoms. The summed E-state index contributed by atoms with van der Waals surface area (Å²) in [6, 6.07) is -0.194. The van der Waals surface area contributed by atoms with Gasteiger partial charge in [-0.15, -0.1) is 0 Å². The van der Waals surface area contributed by atoms with E-state index in [9.17, 15) is 9.90 Å². The highest BCUT2D eigenvalue weighted by molar-refractivity contribution is 14.1. The molecular weight excluding hydrogens is 415 g/mol. The van der Waals surface area contributed by atoms with Gasteiger partial charge in [-0.2, -0.15) is 0 Å². The lowest BCUT2D eigenvalue weighted by atomic mass is 10.0. The molecule has 3 atom stereocenters. The minimum Gasteiger partial charge on any atom is -0.393 e. The molecule has 24 heavy (non-hydrogen) atoms. The predicted molar refractivity (Wildman–Crippen MR) is 111 cm³/mol. The molecular formula is C19H39IN2O2. The van der Waals surface area contributed by atoms with Crippen LogP contribution >= 0.6 is 22.6 Å². The molecule has 0 rings (SSSR count). The van der Waals surface area contributed by atoms with E-state index in [1.54, 1.807) is 0 Å². The van der Waals surface area contributed by atoms with Crippen molar-refractivity contribution < 1.29 is 9.90 Å². The van der Waals surface area contributed by atoms with Gasteiger partial charge in [0.1, 0.15) is 0 Å². The fraction of sp³-hybridized carbons (Fsp3) is 0.947. The second kappa shape index (κ2) is 16.6. The fourth-order valence-electron chi connectivity index (χ4n) is 2.86. The van der Waals surface area contributed by atoms with Gasteiger partial charge in [-0.05, 0) is 26.2 Å². The average Bonchev–Trinajstić information content (AvgIpc) is 2.52. The van der Waals surface area contributed by atoms with Crippen molar-refractivity contribution in [3.8, 4) is 0 Å².